The van der Waals surface area contributed by atoms with Gasteiger partial charge in [0, 0.05) is 13.5 Å². The van der Waals surface area contributed by atoms with Gasteiger partial charge in [-0.2, -0.15) is 0 Å². The Morgan fingerprint density at radius 1 is 1.33 bits per heavy atom. The summed E-state index contributed by atoms with van der Waals surface area (Å²) in [7, 11) is 1.46. The van der Waals surface area contributed by atoms with Crippen molar-refractivity contribution in [2.75, 3.05) is 13.6 Å². The van der Waals surface area contributed by atoms with Gasteiger partial charge in [0.05, 0.1) is 6.04 Å². The van der Waals surface area contributed by atoms with Crippen molar-refractivity contribution in [3.63, 3.8) is 0 Å². The number of rotatable bonds is 2. The van der Waals surface area contributed by atoms with Crippen molar-refractivity contribution in [2.24, 2.45) is 0 Å². The molecule has 0 saturated carbocycles. The molecule has 2 N–H and O–H groups in total. The number of amides is 3. The first kappa shape index (κ1) is 13.0. The maximum Gasteiger partial charge on any atom is 0.251 e. The van der Waals surface area contributed by atoms with Crippen LogP contribution in [0.1, 0.15) is 32.1 Å². The third-order valence-corrected chi connectivity index (χ3v) is 3.59. The maximum absolute atomic E-state index is 12.0. The SMILES string of the molecule is CN1C(=O)CCC(NC(=O)[C@H]2CCCCN2)C1=O. The summed E-state index contributed by atoms with van der Waals surface area (Å²) < 4.78 is 0. The van der Waals surface area contributed by atoms with Crippen molar-refractivity contribution in [3.05, 3.63) is 0 Å². The molecule has 0 aromatic carbocycles. The number of likely N-dealkylation sites (tertiary alicyclic amines) is 1. The maximum atomic E-state index is 12.0. The largest absolute Gasteiger partial charge is 0.343 e. The number of nitrogens with zero attached hydrogens (tertiary/aromatic N) is 1. The summed E-state index contributed by atoms with van der Waals surface area (Å²) >= 11 is 0. The van der Waals surface area contributed by atoms with Crippen LogP contribution in [-0.2, 0) is 14.4 Å². The highest BCUT2D eigenvalue weighted by molar-refractivity contribution is 6.01. The van der Waals surface area contributed by atoms with Gasteiger partial charge in [-0.05, 0) is 25.8 Å². The molecule has 100 valence electrons. The zero-order valence-corrected chi connectivity index (χ0v) is 10.6. The van der Waals surface area contributed by atoms with E-state index in [1.807, 2.05) is 0 Å². The topological polar surface area (TPSA) is 78.5 Å². The zero-order valence-electron chi connectivity index (χ0n) is 10.6. The molecule has 1 unspecified atom stereocenters. The summed E-state index contributed by atoms with van der Waals surface area (Å²) in [6, 6.07) is -0.751. The molecule has 2 fully saturated rings. The van der Waals surface area contributed by atoms with Gasteiger partial charge in [-0.3, -0.25) is 19.3 Å². The van der Waals surface area contributed by atoms with Crippen molar-refractivity contribution in [2.45, 2.75) is 44.2 Å². The standard InChI is InChI=1S/C12H19N3O3/c1-15-10(16)6-5-9(12(15)18)14-11(17)8-4-2-3-7-13-8/h8-9,13H,2-7H2,1H3,(H,14,17)/t8-,9?/m1/s1. The fraction of sp³-hybridized carbons (Fsp3) is 0.750. The Morgan fingerprint density at radius 2 is 2.11 bits per heavy atom. The van der Waals surface area contributed by atoms with Crippen LogP contribution < -0.4 is 10.6 Å². The lowest BCUT2D eigenvalue weighted by atomic mass is 10.0. The van der Waals surface area contributed by atoms with Gasteiger partial charge in [0.25, 0.3) is 5.91 Å². The Morgan fingerprint density at radius 3 is 2.78 bits per heavy atom. The smallest absolute Gasteiger partial charge is 0.251 e. The van der Waals surface area contributed by atoms with Crippen molar-refractivity contribution < 1.29 is 14.4 Å². The number of hydrogen-bond donors (Lipinski definition) is 2. The van der Waals surface area contributed by atoms with Crippen LogP contribution in [0.25, 0.3) is 0 Å². The molecule has 6 nitrogen and oxygen atoms in total. The number of piperidine rings is 2. The molecule has 3 amide bonds. The molecule has 2 heterocycles. The van der Waals surface area contributed by atoms with Crippen LogP contribution in [0, 0.1) is 0 Å². The number of hydrogen-bond acceptors (Lipinski definition) is 4. The van der Waals surface area contributed by atoms with Crippen LogP contribution in [0.5, 0.6) is 0 Å². The fourth-order valence-electron chi connectivity index (χ4n) is 2.40. The number of likely N-dealkylation sites (N-methyl/N-ethyl adjacent to an activating group) is 1. The highest BCUT2D eigenvalue weighted by Crippen LogP contribution is 2.13. The number of carbonyl (C=O) groups is 3. The summed E-state index contributed by atoms with van der Waals surface area (Å²) in [6.45, 7) is 0.842. The molecule has 2 aliphatic rings. The van der Waals surface area contributed by atoms with Crippen LogP contribution >= 0.6 is 0 Å². The lowest BCUT2D eigenvalue weighted by Gasteiger charge is -2.30. The molecule has 2 saturated heterocycles. The van der Waals surface area contributed by atoms with E-state index in [-0.39, 0.29) is 23.8 Å². The second-order valence-corrected chi connectivity index (χ2v) is 4.89. The third kappa shape index (κ3) is 2.69. The summed E-state index contributed by atoms with van der Waals surface area (Å²) in [5.41, 5.74) is 0. The van der Waals surface area contributed by atoms with E-state index in [9.17, 15) is 14.4 Å². The normalized spacial score (nSPS) is 29.3. The first-order chi connectivity index (χ1) is 8.59. The Labute approximate surface area is 106 Å². The van der Waals surface area contributed by atoms with E-state index in [0.29, 0.717) is 12.8 Å². The molecule has 0 spiro atoms. The second-order valence-electron chi connectivity index (χ2n) is 4.89. The monoisotopic (exact) mass is 253 g/mol. The Bertz CT molecular complexity index is 364. The first-order valence-electron chi connectivity index (χ1n) is 6.44. The molecule has 2 aliphatic heterocycles. The number of imide groups is 1. The van der Waals surface area contributed by atoms with E-state index < -0.39 is 6.04 Å². The van der Waals surface area contributed by atoms with E-state index in [0.717, 1.165) is 30.7 Å². The second kappa shape index (κ2) is 5.48. The molecule has 0 aliphatic carbocycles. The lowest BCUT2D eigenvalue weighted by Crippen LogP contribution is -2.56. The van der Waals surface area contributed by atoms with Crippen molar-refractivity contribution in [3.8, 4) is 0 Å². The molecule has 0 radical (unpaired) electrons. The summed E-state index contributed by atoms with van der Waals surface area (Å²) in [6.07, 6.45) is 3.64. The molecular weight excluding hydrogens is 234 g/mol. The van der Waals surface area contributed by atoms with Crippen LogP contribution in [0.15, 0.2) is 0 Å². The summed E-state index contributed by atoms with van der Waals surface area (Å²) in [4.78, 5) is 36.2. The van der Waals surface area contributed by atoms with Crippen LogP contribution in [0.2, 0.25) is 0 Å². The van der Waals surface area contributed by atoms with E-state index in [1.165, 1.54) is 7.05 Å². The van der Waals surface area contributed by atoms with Crippen molar-refractivity contribution in [1.29, 1.82) is 0 Å². The molecule has 6 heteroatoms. The molecule has 2 atom stereocenters. The van der Waals surface area contributed by atoms with Gasteiger partial charge in [0.1, 0.15) is 6.04 Å². The van der Waals surface area contributed by atoms with Gasteiger partial charge in [-0.15, -0.1) is 0 Å². The number of carbonyl (C=O) groups excluding carboxylic acids is 3. The van der Waals surface area contributed by atoms with Crippen molar-refractivity contribution in [1.82, 2.24) is 15.5 Å². The molecule has 0 aromatic heterocycles. The zero-order chi connectivity index (χ0) is 13.1. The van der Waals surface area contributed by atoms with E-state index in [2.05, 4.69) is 10.6 Å². The molecule has 0 bridgehead atoms. The van der Waals surface area contributed by atoms with E-state index in [1.54, 1.807) is 0 Å². The fourth-order valence-corrected chi connectivity index (χ4v) is 2.40. The molecule has 2 rings (SSSR count). The molecule has 0 aromatic rings. The molecule has 18 heavy (non-hydrogen) atoms. The van der Waals surface area contributed by atoms with Gasteiger partial charge in [0.2, 0.25) is 11.8 Å². The van der Waals surface area contributed by atoms with Crippen molar-refractivity contribution >= 4 is 17.7 Å². The van der Waals surface area contributed by atoms with E-state index >= 15 is 0 Å². The Kier molecular flexibility index (Phi) is 3.96. The first-order valence-corrected chi connectivity index (χ1v) is 6.44. The van der Waals surface area contributed by atoms with Crippen LogP contribution in [0.3, 0.4) is 0 Å². The highest BCUT2D eigenvalue weighted by Gasteiger charge is 2.34. The minimum Gasteiger partial charge on any atom is -0.343 e. The van der Waals surface area contributed by atoms with Gasteiger partial charge in [-0.1, -0.05) is 6.42 Å². The van der Waals surface area contributed by atoms with Gasteiger partial charge >= 0.3 is 0 Å². The minimum atomic E-state index is -0.552. The Hall–Kier alpha value is -1.43. The predicted octanol–water partition coefficient (Wildman–Crippen LogP) is -0.608. The molecular formula is C12H19N3O3. The van der Waals surface area contributed by atoms with E-state index in [4.69, 9.17) is 0 Å². The summed E-state index contributed by atoms with van der Waals surface area (Å²) in [5.74, 6) is -0.618. The average Bonchev–Trinajstić information content (AvgIpc) is 2.40. The lowest BCUT2D eigenvalue weighted by molar-refractivity contribution is -0.149. The van der Waals surface area contributed by atoms with Gasteiger partial charge in [0.15, 0.2) is 0 Å². The minimum absolute atomic E-state index is 0.129. The highest BCUT2D eigenvalue weighted by atomic mass is 16.2. The third-order valence-electron chi connectivity index (χ3n) is 3.59. The quantitative estimate of drug-likeness (QED) is 0.644. The number of nitrogens with one attached hydrogen (secondary N) is 2. The Balaban J connectivity index is 1.90. The predicted molar refractivity (Wildman–Crippen MR) is 64.6 cm³/mol. The van der Waals surface area contributed by atoms with Crippen LogP contribution in [0.4, 0.5) is 0 Å². The summed E-state index contributed by atoms with van der Waals surface area (Å²) in [5, 5.41) is 5.88. The average molecular weight is 253 g/mol. The van der Waals surface area contributed by atoms with Gasteiger partial charge < -0.3 is 10.6 Å². The van der Waals surface area contributed by atoms with Gasteiger partial charge in [-0.25, -0.2) is 0 Å². The van der Waals surface area contributed by atoms with Crippen LogP contribution in [-0.4, -0.2) is 48.3 Å².